The number of carbonyl (C=O) groups is 1. The van der Waals surface area contributed by atoms with Gasteiger partial charge in [-0.25, -0.2) is 9.18 Å². The molecule has 0 spiro atoms. The minimum Gasteiger partial charge on any atom is -0.444 e. The molecule has 1 rings (SSSR count). The largest absolute Gasteiger partial charge is 0.444 e. The molecule has 1 amide bonds. The zero-order valence-corrected chi connectivity index (χ0v) is 10.2. The summed E-state index contributed by atoms with van der Waals surface area (Å²) in [6, 6.07) is -0.440. The Balaban J connectivity index is 2.42. The van der Waals surface area contributed by atoms with E-state index >= 15 is 0 Å². The minimum atomic E-state index is -0.998. The number of rotatable bonds is 1. The fourth-order valence-corrected chi connectivity index (χ4v) is 1.63. The van der Waals surface area contributed by atoms with E-state index in [0.717, 1.165) is 6.54 Å². The molecule has 0 bridgehead atoms. The van der Waals surface area contributed by atoms with Gasteiger partial charge in [0, 0.05) is 0 Å². The van der Waals surface area contributed by atoms with Crippen molar-refractivity contribution in [1.29, 1.82) is 0 Å². The first-order chi connectivity index (χ1) is 7.38. The lowest BCUT2D eigenvalue weighted by Crippen LogP contribution is -2.44. The minimum absolute atomic E-state index is 0.431. The van der Waals surface area contributed by atoms with E-state index in [9.17, 15) is 9.18 Å². The van der Waals surface area contributed by atoms with Gasteiger partial charge >= 0.3 is 6.09 Å². The van der Waals surface area contributed by atoms with Crippen LogP contribution < -0.4 is 10.6 Å². The number of halogens is 1. The highest BCUT2D eigenvalue weighted by Crippen LogP contribution is 2.12. The highest BCUT2D eigenvalue weighted by molar-refractivity contribution is 5.68. The van der Waals surface area contributed by atoms with Crippen molar-refractivity contribution in [3.05, 3.63) is 0 Å². The zero-order chi connectivity index (χ0) is 12.2. The molecule has 1 saturated heterocycles. The predicted molar refractivity (Wildman–Crippen MR) is 60.2 cm³/mol. The van der Waals surface area contributed by atoms with Crippen molar-refractivity contribution in [2.75, 3.05) is 13.1 Å². The third-order valence-corrected chi connectivity index (χ3v) is 2.37. The average Bonchev–Trinajstić information content (AvgIpc) is 2.29. The second-order valence-corrected chi connectivity index (χ2v) is 5.10. The van der Waals surface area contributed by atoms with Crippen LogP contribution in [0.1, 0.15) is 33.6 Å². The highest BCUT2D eigenvalue weighted by atomic mass is 19.1. The maximum absolute atomic E-state index is 13.6. The molecule has 5 heteroatoms. The van der Waals surface area contributed by atoms with Gasteiger partial charge in [0.2, 0.25) is 0 Å². The van der Waals surface area contributed by atoms with Gasteiger partial charge in [0.1, 0.15) is 11.8 Å². The quantitative estimate of drug-likeness (QED) is 0.722. The molecule has 0 radical (unpaired) electrons. The number of nitrogens with one attached hydrogen (secondary N) is 2. The van der Waals surface area contributed by atoms with Crippen molar-refractivity contribution in [2.24, 2.45) is 0 Å². The monoisotopic (exact) mass is 232 g/mol. The Bertz CT molecular complexity index is 241. The van der Waals surface area contributed by atoms with E-state index in [2.05, 4.69) is 10.6 Å². The maximum atomic E-state index is 13.6. The van der Waals surface area contributed by atoms with Crippen molar-refractivity contribution >= 4 is 6.09 Å². The van der Waals surface area contributed by atoms with Crippen LogP contribution >= 0.6 is 0 Å². The highest BCUT2D eigenvalue weighted by Gasteiger charge is 2.26. The molecule has 2 N–H and O–H groups in total. The van der Waals surface area contributed by atoms with Gasteiger partial charge in [-0.05, 0) is 46.7 Å². The van der Waals surface area contributed by atoms with E-state index in [0.29, 0.717) is 19.4 Å². The van der Waals surface area contributed by atoms with E-state index in [4.69, 9.17) is 4.74 Å². The van der Waals surface area contributed by atoms with Crippen molar-refractivity contribution in [2.45, 2.75) is 51.4 Å². The number of carbonyl (C=O) groups excluding carboxylic acids is 1. The summed E-state index contributed by atoms with van der Waals surface area (Å²) in [5.41, 5.74) is -0.543. The van der Waals surface area contributed by atoms with Crippen LogP contribution in [0.25, 0.3) is 0 Å². The number of amides is 1. The fourth-order valence-electron chi connectivity index (χ4n) is 1.63. The Morgan fingerprint density at radius 2 is 2.00 bits per heavy atom. The van der Waals surface area contributed by atoms with Gasteiger partial charge in [0.15, 0.2) is 0 Å². The maximum Gasteiger partial charge on any atom is 0.407 e. The SMILES string of the molecule is CC(C)(C)OC(=O)N[C@@H]1CCNCC[C@H]1F. The molecular formula is C11H21FN2O2. The first-order valence-electron chi connectivity index (χ1n) is 5.73. The first-order valence-corrected chi connectivity index (χ1v) is 5.73. The molecule has 16 heavy (non-hydrogen) atoms. The summed E-state index contributed by atoms with van der Waals surface area (Å²) in [6.07, 6.45) is -0.509. The summed E-state index contributed by atoms with van der Waals surface area (Å²) in [5.74, 6) is 0. The number of hydrogen-bond acceptors (Lipinski definition) is 3. The molecule has 0 aromatic rings. The van der Waals surface area contributed by atoms with E-state index in [1.165, 1.54) is 0 Å². The molecule has 0 saturated carbocycles. The molecule has 0 aliphatic carbocycles. The number of alkyl carbamates (subject to hydrolysis) is 1. The van der Waals surface area contributed by atoms with Crippen LogP contribution in [0.15, 0.2) is 0 Å². The normalized spacial score (nSPS) is 27.0. The Labute approximate surface area is 95.9 Å². The standard InChI is InChI=1S/C11H21FN2O2/c1-11(2,3)16-10(15)14-9-5-7-13-6-4-8(9)12/h8-9,13H,4-7H2,1-3H3,(H,14,15)/t8-,9-/m1/s1. The second-order valence-electron chi connectivity index (χ2n) is 5.10. The third kappa shape index (κ3) is 4.79. The first kappa shape index (κ1) is 13.2. The third-order valence-electron chi connectivity index (χ3n) is 2.37. The molecule has 94 valence electrons. The smallest absolute Gasteiger partial charge is 0.407 e. The lowest BCUT2D eigenvalue weighted by Gasteiger charge is -2.24. The van der Waals surface area contributed by atoms with Crippen LogP contribution in [-0.2, 0) is 4.74 Å². The van der Waals surface area contributed by atoms with Crippen LogP contribution in [0.2, 0.25) is 0 Å². The van der Waals surface area contributed by atoms with Gasteiger partial charge < -0.3 is 15.4 Å². The number of hydrogen-bond donors (Lipinski definition) is 2. The summed E-state index contributed by atoms with van der Waals surface area (Å²) in [5, 5.41) is 5.69. The van der Waals surface area contributed by atoms with Crippen LogP contribution in [-0.4, -0.2) is 37.0 Å². The summed E-state index contributed by atoms with van der Waals surface area (Å²) < 4.78 is 18.7. The summed E-state index contributed by atoms with van der Waals surface area (Å²) in [6.45, 7) is 6.74. The van der Waals surface area contributed by atoms with Crippen molar-refractivity contribution in [3.8, 4) is 0 Å². The molecule has 1 aliphatic heterocycles. The summed E-state index contributed by atoms with van der Waals surface area (Å²) in [4.78, 5) is 11.5. The van der Waals surface area contributed by atoms with Crippen molar-refractivity contribution in [1.82, 2.24) is 10.6 Å². The fraction of sp³-hybridized carbons (Fsp3) is 0.909. The van der Waals surface area contributed by atoms with E-state index in [1.807, 2.05) is 0 Å². The van der Waals surface area contributed by atoms with E-state index in [1.54, 1.807) is 20.8 Å². The van der Waals surface area contributed by atoms with Gasteiger partial charge in [-0.2, -0.15) is 0 Å². The lowest BCUT2D eigenvalue weighted by molar-refractivity contribution is 0.0472. The van der Waals surface area contributed by atoms with Gasteiger partial charge in [0.25, 0.3) is 0 Å². The Morgan fingerprint density at radius 3 is 2.62 bits per heavy atom. The molecule has 0 unspecified atom stereocenters. The molecule has 1 fully saturated rings. The number of alkyl halides is 1. The van der Waals surface area contributed by atoms with Crippen LogP contribution in [0.4, 0.5) is 9.18 Å². The van der Waals surface area contributed by atoms with Crippen molar-refractivity contribution < 1.29 is 13.9 Å². The second kappa shape index (κ2) is 5.48. The van der Waals surface area contributed by atoms with Gasteiger partial charge in [-0.1, -0.05) is 0 Å². The average molecular weight is 232 g/mol. The van der Waals surface area contributed by atoms with Gasteiger partial charge in [-0.15, -0.1) is 0 Å². The molecular weight excluding hydrogens is 211 g/mol. The Kier molecular flexibility index (Phi) is 4.53. The van der Waals surface area contributed by atoms with Gasteiger partial charge in [0.05, 0.1) is 6.04 Å². The van der Waals surface area contributed by atoms with E-state index in [-0.39, 0.29) is 0 Å². The topological polar surface area (TPSA) is 50.4 Å². The molecule has 0 aromatic carbocycles. The van der Waals surface area contributed by atoms with Crippen LogP contribution in [0.3, 0.4) is 0 Å². The zero-order valence-electron chi connectivity index (χ0n) is 10.2. The van der Waals surface area contributed by atoms with E-state index < -0.39 is 23.9 Å². The number of ether oxygens (including phenoxy) is 1. The lowest BCUT2D eigenvalue weighted by atomic mass is 10.1. The summed E-state index contributed by atoms with van der Waals surface area (Å²) in [7, 11) is 0. The van der Waals surface area contributed by atoms with Gasteiger partial charge in [-0.3, -0.25) is 0 Å². The van der Waals surface area contributed by atoms with Crippen LogP contribution in [0.5, 0.6) is 0 Å². The Morgan fingerprint density at radius 1 is 1.38 bits per heavy atom. The Hall–Kier alpha value is -0.840. The molecule has 0 aromatic heterocycles. The molecule has 1 heterocycles. The van der Waals surface area contributed by atoms with Crippen LogP contribution in [0, 0.1) is 0 Å². The molecule has 2 atom stereocenters. The predicted octanol–water partition coefficient (Wildman–Crippen LogP) is 1.60. The summed E-state index contributed by atoms with van der Waals surface area (Å²) >= 11 is 0. The van der Waals surface area contributed by atoms with Crippen molar-refractivity contribution in [3.63, 3.8) is 0 Å². The molecule has 4 nitrogen and oxygen atoms in total. The molecule has 1 aliphatic rings.